The quantitative estimate of drug-likeness (QED) is 0.779. The van der Waals surface area contributed by atoms with E-state index in [1.54, 1.807) is 13.4 Å². The summed E-state index contributed by atoms with van der Waals surface area (Å²) in [4.78, 5) is 0. The molecule has 1 rings (SSSR count). The second-order valence-electron chi connectivity index (χ2n) is 4.26. The fourth-order valence-electron chi connectivity index (χ4n) is 1.48. The van der Waals surface area contributed by atoms with E-state index in [9.17, 15) is 9.32 Å². The van der Waals surface area contributed by atoms with Crippen molar-refractivity contribution >= 4 is 10.8 Å². The Hall–Kier alpha value is -0.910. The molecule has 0 heterocycles. The van der Waals surface area contributed by atoms with Crippen molar-refractivity contribution in [2.75, 3.05) is 26.5 Å². The van der Waals surface area contributed by atoms with Gasteiger partial charge in [-0.3, -0.25) is 4.21 Å². The molecular formula is C13H21NO3S. The van der Waals surface area contributed by atoms with E-state index in [0.29, 0.717) is 13.1 Å². The van der Waals surface area contributed by atoms with Gasteiger partial charge in [-0.1, -0.05) is 12.1 Å². The molecule has 0 fully saturated rings. The van der Waals surface area contributed by atoms with Gasteiger partial charge in [-0.05, 0) is 24.6 Å². The Morgan fingerprint density at radius 3 is 2.44 bits per heavy atom. The van der Waals surface area contributed by atoms with Gasteiger partial charge in [0.25, 0.3) is 0 Å². The lowest BCUT2D eigenvalue weighted by Gasteiger charge is -2.14. The summed E-state index contributed by atoms with van der Waals surface area (Å²) in [6, 6.07) is 7.32. The maximum absolute atomic E-state index is 11.2. The molecule has 0 saturated carbocycles. The van der Waals surface area contributed by atoms with Crippen LogP contribution in [0.25, 0.3) is 0 Å². The van der Waals surface area contributed by atoms with Crippen molar-refractivity contribution in [1.82, 2.24) is 5.32 Å². The van der Waals surface area contributed by atoms with E-state index in [1.165, 1.54) is 0 Å². The molecule has 0 spiro atoms. The fraction of sp³-hybridized carbons (Fsp3) is 0.538. The first kappa shape index (κ1) is 15.1. The lowest BCUT2D eigenvalue weighted by Crippen LogP contribution is -2.30. The molecule has 2 N–H and O–H groups in total. The zero-order valence-electron chi connectivity index (χ0n) is 11.1. The number of hydrogen-bond acceptors (Lipinski definition) is 4. The molecule has 4 nitrogen and oxygen atoms in total. The van der Waals surface area contributed by atoms with E-state index in [0.717, 1.165) is 11.3 Å². The highest BCUT2D eigenvalue weighted by Gasteiger charge is 2.09. The molecule has 3 atom stereocenters. The number of aliphatic hydroxyl groups is 1. The lowest BCUT2D eigenvalue weighted by atomic mass is 10.1. The van der Waals surface area contributed by atoms with Gasteiger partial charge in [-0.25, -0.2) is 0 Å². The number of hydrogen-bond donors (Lipinski definition) is 2. The van der Waals surface area contributed by atoms with E-state index in [1.807, 2.05) is 31.2 Å². The summed E-state index contributed by atoms with van der Waals surface area (Å²) in [6.07, 6.45) is 1.13. The van der Waals surface area contributed by atoms with Crippen molar-refractivity contribution in [2.45, 2.75) is 18.3 Å². The molecule has 0 aromatic heterocycles. The third kappa shape index (κ3) is 4.76. The molecule has 0 aliphatic heterocycles. The molecule has 0 radical (unpaired) electrons. The molecule has 1 aromatic rings. The second kappa shape index (κ2) is 7.51. The first-order valence-corrected chi connectivity index (χ1v) is 7.51. The molecule has 0 bridgehead atoms. The summed E-state index contributed by atoms with van der Waals surface area (Å²) in [7, 11) is 0.776. The van der Waals surface area contributed by atoms with Gasteiger partial charge >= 0.3 is 0 Å². The highest BCUT2D eigenvalue weighted by Crippen LogP contribution is 2.16. The van der Waals surface area contributed by atoms with Crippen molar-refractivity contribution < 1.29 is 14.1 Å². The number of aliphatic hydroxyl groups excluding tert-OH is 1. The van der Waals surface area contributed by atoms with Crippen molar-refractivity contribution in [1.29, 1.82) is 0 Å². The van der Waals surface area contributed by atoms with Gasteiger partial charge in [0.1, 0.15) is 5.75 Å². The SMILES string of the molecule is COc1ccc(C(O)CNCC(C)S(C)=O)cc1. The van der Waals surface area contributed by atoms with Crippen LogP contribution in [0.2, 0.25) is 0 Å². The van der Waals surface area contributed by atoms with Crippen LogP contribution < -0.4 is 10.1 Å². The largest absolute Gasteiger partial charge is 0.497 e. The van der Waals surface area contributed by atoms with E-state index < -0.39 is 16.9 Å². The first-order chi connectivity index (χ1) is 8.54. The predicted molar refractivity (Wildman–Crippen MR) is 74.4 cm³/mol. The molecule has 0 aliphatic carbocycles. The van der Waals surface area contributed by atoms with Crippen LogP contribution in [0.1, 0.15) is 18.6 Å². The van der Waals surface area contributed by atoms with Gasteiger partial charge in [-0.15, -0.1) is 0 Å². The zero-order chi connectivity index (χ0) is 13.5. The third-order valence-corrected chi connectivity index (χ3v) is 4.14. The van der Waals surface area contributed by atoms with Crippen molar-refractivity contribution in [3.8, 4) is 5.75 Å². The van der Waals surface area contributed by atoms with Crippen LogP contribution in [0.15, 0.2) is 24.3 Å². The van der Waals surface area contributed by atoms with E-state index in [2.05, 4.69) is 5.32 Å². The summed E-state index contributed by atoms with van der Waals surface area (Å²) < 4.78 is 16.2. The van der Waals surface area contributed by atoms with Gasteiger partial charge in [0.2, 0.25) is 0 Å². The zero-order valence-corrected chi connectivity index (χ0v) is 11.9. The molecule has 102 valence electrons. The van der Waals surface area contributed by atoms with Crippen LogP contribution in [0.3, 0.4) is 0 Å². The van der Waals surface area contributed by atoms with Crippen molar-refractivity contribution in [3.05, 3.63) is 29.8 Å². The van der Waals surface area contributed by atoms with Crippen LogP contribution in [0.5, 0.6) is 5.75 Å². The molecule has 18 heavy (non-hydrogen) atoms. The number of benzene rings is 1. The summed E-state index contributed by atoms with van der Waals surface area (Å²) >= 11 is 0. The Morgan fingerprint density at radius 2 is 1.94 bits per heavy atom. The van der Waals surface area contributed by atoms with Crippen molar-refractivity contribution in [2.24, 2.45) is 0 Å². The van der Waals surface area contributed by atoms with Crippen molar-refractivity contribution in [3.63, 3.8) is 0 Å². The van der Waals surface area contributed by atoms with E-state index in [4.69, 9.17) is 4.74 Å². The lowest BCUT2D eigenvalue weighted by molar-refractivity contribution is 0.175. The Labute approximate surface area is 111 Å². The molecular weight excluding hydrogens is 250 g/mol. The van der Waals surface area contributed by atoms with Gasteiger partial charge in [0.05, 0.1) is 13.2 Å². The number of methoxy groups -OCH3 is 1. The Balaban J connectivity index is 2.40. The monoisotopic (exact) mass is 271 g/mol. The van der Waals surface area contributed by atoms with E-state index >= 15 is 0 Å². The predicted octanol–water partition coefficient (Wildman–Crippen LogP) is 1.09. The topological polar surface area (TPSA) is 58.6 Å². The van der Waals surface area contributed by atoms with Gasteiger partial charge in [0.15, 0.2) is 0 Å². The van der Waals surface area contributed by atoms with Crippen LogP contribution in [-0.4, -0.2) is 41.0 Å². The molecule has 0 amide bonds. The van der Waals surface area contributed by atoms with Crippen LogP contribution in [0.4, 0.5) is 0 Å². The molecule has 0 aliphatic rings. The maximum atomic E-state index is 11.2. The molecule has 3 unspecified atom stereocenters. The minimum absolute atomic E-state index is 0.0908. The standard InChI is InChI=1S/C13H21NO3S/c1-10(18(3)16)8-14-9-13(15)11-4-6-12(17-2)7-5-11/h4-7,10,13-15H,8-9H2,1-3H3. The Bertz CT molecular complexity index is 380. The number of nitrogens with one attached hydrogen (secondary N) is 1. The van der Waals surface area contributed by atoms with Gasteiger partial charge in [0, 0.05) is 35.4 Å². The van der Waals surface area contributed by atoms with Gasteiger partial charge in [-0.2, -0.15) is 0 Å². The molecule has 0 saturated heterocycles. The maximum Gasteiger partial charge on any atom is 0.118 e. The average molecular weight is 271 g/mol. The Kier molecular flexibility index (Phi) is 6.32. The number of ether oxygens (including phenoxy) is 1. The third-order valence-electron chi connectivity index (χ3n) is 2.84. The highest BCUT2D eigenvalue weighted by atomic mass is 32.2. The van der Waals surface area contributed by atoms with Gasteiger partial charge < -0.3 is 15.2 Å². The van der Waals surface area contributed by atoms with Crippen LogP contribution in [0, 0.1) is 0 Å². The molecule has 5 heteroatoms. The van der Waals surface area contributed by atoms with Crippen LogP contribution >= 0.6 is 0 Å². The molecule has 1 aromatic carbocycles. The summed E-state index contributed by atoms with van der Waals surface area (Å²) in [6.45, 7) is 3.01. The normalized spacial score (nSPS) is 16.0. The number of rotatable bonds is 7. The minimum atomic E-state index is -0.835. The average Bonchev–Trinajstić information content (AvgIpc) is 2.38. The summed E-state index contributed by atoms with van der Waals surface area (Å²) in [5, 5.41) is 13.2. The fourth-order valence-corrected chi connectivity index (χ4v) is 1.84. The summed E-state index contributed by atoms with van der Waals surface area (Å²) in [5.74, 6) is 0.772. The minimum Gasteiger partial charge on any atom is -0.497 e. The van der Waals surface area contributed by atoms with Crippen LogP contribution in [-0.2, 0) is 10.8 Å². The smallest absolute Gasteiger partial charge is 0.118 e. The highest BCUT2D eigenvalue weighted by molar-refractivity contribution is 7.84. The Morgan fingerprint density at radius 1 is 1.33 bits per heavy atom. The summed E-state index contributed by atoms with van der Waals surface area (Å²) in [5.41, 5.74) is 0.841. The van der Waals surface area contributed by atoms with E-state index in [-0.39, 0.29) is 5.25 Å². The first-order valence-electron chi connectivity index (χ1n) is 5.89. The second-order valence-corrected chi connectivity index (χ2v) is 6.06.